The van der Waals surface area contributed by atoms with Crippen molar-refractivity contribution in [2.75, 3.05) is 12.3 Å². The Morgan fingerprint density at radius 1 is 0.495 bits per heavy atom. The quantitative estimate of drug-likeness (QED) is 0.0234. The van der Waals surface area contributed by atoms with Crippen LogP contribution < -0.4 is 81.4 Å². The summed E-state index contributed by atoms with van der Waals surface area (Å²) in [5.74, 6) is -22.5. The third-order valence-electron chi connectivity index (χ3n) is 17.3. The number of aliphatic carboxylic acids is 3. The van der Waals surface area contributed by atoms with E-state index in [0.29, 0.717) is 6.42 Å². The second kappa shape index (κ2) is 44.5. The lowest BCUT2D eigenvalue weighted by Gasteiger charge is -2.29. The number of phenolic OH excluding ortho intramolecular Hbond substituents is 2. The average Bonchev–Trinajstić information content (AvgIpc) is 1.76. The Morgan fingerprint density at radius 2 is 0.910 bits per heavy atom. The first kappa shape index (κ1) is 91.4. The molecule has 111 heavy (non-hydrogen) atoms. The van der Waals surface area contributed by atoms with Crippen LogP contribution in [-0.4, -0.2) is 249 Å². The molecule has 2 heterocycles. The number of thiol groups is 1. The van der Waals surface area contributed by atoms with Gasteiger partial charge in [0.1, 0.15) is 84.0 Å². The van der Waals surface area contributed by atoms with Gasteiger partial charge in [-0.1, -0.05) is 38.1 Å². The number of aromatic nitrogens is 2. The summed E-state index contributed by atoms with van der Waals surface area (Å²) in [5.41, 5.74) is 22.7. The molecule has 1 aromatic heterocycles. The summed E-state index contributed by atoms with van der Waals surface area (Å²) in [5, 5.41) is 86.3. The third-order valence-corrected chi connectivity index (χ3v) is 17.6. The highest BCUT2D eigenvalue weighted by molar-refractivity contribution is 7.80. The minimum absolute atomic E-state index is 0.0429. The zero-order valence-corrected chi connectivity index (χ0v) is 61.8. The molecule has 1 aliphatic heterocycles. The predicted octanol–water partition coefficient (Wildman–Crippen LogP) is -7.29. The normalized spacial score (nSPS) is 16.0. The number of aliphatic hydroxyl groups is 1. The molecular weight excluding hydrogens is 1480 g/mol. The van der Waals surface area contributed by atoms with Gasteiger partial charge in [-0.3, -0.25) is 81.5 Å². The largest absolute Gasteiger partial charge is 0.508 e. The van der Waals surface area contributed by atoms with Gasteiger partial charge in [-0.2, -0.15) is 12.6 Å². The number of likely N-dealkylation sites (tertiary alicyclic amines) is 1. The van der Waals surface area contributed by atoms with E-state index in [2.05, 4.69) is 81.1 Å². The number of carboxylic acid groups (broad SMARTS) is 3. The number of H-pyrrole nitrogens is 1. The molecule has 0 aliphatic carbocycles. The topological polar surface area (TPSA) is 697 Å². The molecule has 2 aromatic carbocycles. The number of hydrogen-bond donors (Lipinski definition) is 23. The Bertz CT molecular complexity index is 3830. The highest BCUT2D eigenvalue weighted by Gasteiger charge is 2.41. The van der Waals surface area contributed by atoms with Crippen LogP contribution in [0.4, 0.5) is 0 Å². The first-order valence-corrected chi connectivity index (χ1v) is 35.6. The highest BCUT2D eigenvalue weighted by atomic mass is 32.1. The fourth-order valence-electron chi connectivity index (χ4n) is 11.1. The summed E-state index contributed by atoms with van der Waals surface area (Å²) in [6, 6.07) is -11.4. The van der Waals surface area contributed by atoms with E-state index in [-0.39, 0.29) is 60.5 Å². The van der Waals surface area contributed by atoms with Crippen molar-refractivity contribution in [2.24, 2.45) is 28.9 Å². The summed E-state index contributed by atoms with van der Waals surface area (Å²) in [6.45, 7) is 5.06. The van der Waals surface area contributed by atoms with Crippen LogP contribution in [0.15, 0.2) is 61.1 Å². The number of benzene rings is 2. The molecule has 1 saturated heterocycles. The minimum atomic E-state index is -2.03. The zero-order valence-electron chi connectivity index (χ0n) is 60.9. The van der Waals surface area contributed by atoms with E-state index in [1.165, 1.54) is 74.9 Å². The number of aromatic amines is 1. The molecule has 1 fully saturated rings. The molecule has 14 atom stereocenters. The second-order valence-electron chi connectivity index (χ2n) is 26.5. The maximum Gasteiger partial charge on any atom is 0.326 e. The summed E-state index contributed by atoms with van der Waals surface area (Å²) in [4.78, 5) is 247. The molecule has 43 heteroatoms. The molecule has 0 spiro atoms. The van der Waals surface area contributed by atoms with Crippen molar-refractivity contribution in [1.82, 2.24) is 73.4 Å². The SMILES string of the molecule is CC(C)[C@H](NC(=O)[C@H](CC(=O)O)NC(=O)[C@H](CCC(=O)O)NC(=O)[C@@H]1CCCN1C(=O)[C@@H](N)CCC(N)=O)C(=O)N[C@@H](C)C(=O)N[C@H](C(=O)N[C@@H](Cc1ccc(O)cc1)C(=O)N[C@@H](Cc1ccc(O)cc1)C(=O)N[C@@H](CS)C(=O)N[C@@H](CCC(N)=O)C(=O)N[C@@H](CCC(N)=O)C(=O)N[C@@H](Cc1c[nH]cn1)C(=O)O)[C@@H](C)O. The van der Waals surface area contributed by atoms with Crippen LogP contribution in [0.3, 0.4) is 0 Å². The van der Waals surface area contributed by atoms with Gasteiger partial charge in [0.05, 0.1) is 30.6 Å². The number of primary amides is 3. The van der Waals surface area contributed by atoms with E-state index in [4.69, 9.17) is 22.9 Å². The summed E-state index contributed by atoms with van der Waals surface area (Å²) in [6.07, 6.45) is -5.02. The van der Waals surface area contributed by atoms with E-state index >= 15 is 0 Å². The van der Waals surface area contributed by atoms with Gasteiger partial charge in [-0.15, -0.1) is 0 Å². The van der Waals surface area contributed by atoms with Crippen LogP contribution in [0.25, 0.3) is 0 Å². The average molecular weight is 1580 g/mol. The monoisotopic (exact) mass is 1580 g/mol. The van der Waals surface area contributed by atoms with Gasteiger partial charge < -0.3 is 122 Å². The Balaban J connectivity index is 1.56. The minimum Gasteiger partial charge on any atom is -0.508 e. The summed E-state index contributed by atoms with van der Waals surface area (Å²) < 4.78 is 0. The molecule has 0 bridgehead atoms. The molecule has 26 N–H and O–H groups in total. The number of carbonyl (C=O) groups is 18. The number of phenols is 2. The van der Waals surface area contributed by atoms with Crippen LogP contribution in [-0.2, 0) is 106 Å². The molecule has 0 radical (unpaired) electrons. The van der Waals surface area contributed by atoms with E-state index in [9.17, 15) is 117 Å². The lowest BCUT2D eigenvalue weighted by atomic mass is 10.0. The predicted molar refractivity (Wildman–Crippen MR) is 388 cm³/mol. The van der Waals surface area contributed by atoms with Crippen molar-refractivity contribution in [3.05, 3.63) is 77.9 Å². The maximum absolute atomic E-state index is 14.8. The van der Waals surface area contributed by atoms with Gasteiger partial charge in [0.2, 0.25) is 88.6 Å². The van der Waals surface area contributed by atoms with Crippen LogP contribution in [0.1, 0.15) is 115 Å². The lowest BCUT2D eigenvalue weighted by molar-refractivity contribution is -0.143. The number of hydrogen-bond acceptors (Lipinski definition) is 24. The summed E-state index contributed by atoms with van der Waals surface area (Å²) in [7, 11) is 0. The summed E-state index contributed by atoms with van der Waals surface area (Å²) >= 11 is 4.23. The number of rotatable bonds is 47. The highest BCUT2D eigenvalue weighted by Crippen LogP contribution is 2.21. The van der Waals surface area contributed by atoms with Crippen molar-refractivity contribution in [1.29, 1.82) is 0 Å². The molecule has 0 saturated carbocycles. The molecular formula is C68H96N18O24S. The van der Waals surface area contributed by atoms with Crippen LogP contribution in [0.5, 0.6) is 11.5 Å². The van der Waals surface area contributed by atoms with Crippen molar-refractivity contribution >= 4 is 119 Å². The van der Waals surface area contributed by atoms with E-state index < -0.39 is 261 Å². The molecule has 42 nitrogen and oxygen atoms in total. The standard InChI is InChI=1S/C68H96N18O24S/c1-31(2)54(84-62(103)45(27-53(95)96)80-58(99)42(18-22-52(93)94)78-64(105)48-6-5-23-86(48)67(108)39(69)15-19-49(70)90)65(106)75-32(3)56(97)85-55(33(4)87)66(107)81-44(25-35-9-13-38(89)14-10-35)60(101)79-43(24-34-7-11-37(88)12-8-34)61(102)83-47(29-111)63(104)77-40(16-20-50(71)91)57(98)76-41(17-21-51(72)92)59(100)82-46(68(109)110)26-36-28-73-30-74-36/h7-14,28,30-33,39-48,54-55,87-89,111H,5-6,15-27,29,69H2,1-4H3,(H2,70,90)(H2,71,91)(H2,72,92)(H,73,74)(H,75,106)(H,76,98)(H,77,104)(H,78,105)(H,79,101)(H,80,99)(H,81,107)(H,82,100)(H,83,102)(H,84,103)(H,85,97)(H,93,94)(H,95,96)(H,109,110)/t32-,33+,39-,40-,41-,42-,43-,44-,45-,46-,47-,48-,54-,55-/m0/s1. The number of carboxylic acids is 3. The van der Waals surface area contributed by atoms with Crippen molar-refractivity contribution in [2.45, 2.75) is 202 Å². The lowest BCUT2D eigenvalue weighted by Crippen LogP contribution is -2.62. The fraction of sp³-hybridized carbons (Fsp3) is 0.515. The second-order valence-corrected chi connectivity index (χ2v) is 26.9. The third kappa shape index (κ3) is 30.9. The number of aliphatic hydroxyl groups excluding tert-OH is 1. The first-order valence-electron chi connectivity index (χ1n) is 34.9. The van der Waals surface area contributed by atoms with E-state index in [1.807, 2.05) is 0 Å². The van der Waals surface area contributed by atoms with E-state index in [1.54, 1.807) is 0 Å². The Morgan fingerprint density at radius 3 is 1.36 bits per heavy atom. The fourth-order valence-corrected chi connectivity index (χ4v) is 11.4. The van der Waals surface area contributed by atoms with Gasteiger partial charge in [-0.05, 0) is 93.7 Å². The Labute approximate surface area is 639 Å². The van der Waals surface area contributed by atoms with Gasteiger partial charge >= 0.3 is 17.9 Å². The maximum atomic E-state index is 14.8. The molecule has 3 aromatic rings. The number of nitrogens with zero attached hydrogens (tertiary/aromatic N) is 2. The molecule has 1 aliphatic rings. The number of nitrogens with two attached hydrogens (primary N) is 4. The van der Waals surface area contributed by atoms with Gasteiger partial charge in [0, 0.05) is 63.4 Å². The van der Waals surface area contributed by atoms with Gasteiger partial charge in [0.25, 0.3) is 0 Å². The first-order chi connectivity index (χ1) is 52.2. The molecule has 0 unspecified atom stereocenters. The number of nitrogens with one attached hydrogen (secondary N) is 12. The van der Waals surface area contributed by atoms with Crippen molar-refractivity contribution in [3.63, 3.8) is 0 Å². The number of imidazole rings is 1. The van der Waals surface area contributed by atoms with Gasteiger partial charge in [0.15, 0.2) is 0 Å². The van der Waals surface area contributed by atoms with Gasteiger partial charge in [-0.25, -0.2) is 9.78 Å². The van der Waals surface area contributed by atoms with E-state index in [0.717, 1.165) is 18.7 Å². The van der Waals surface area contributed by atoms with Crippen LogP contribution in [0, 0.1) is 5.92 Å². The van der Waals surface area contributed by atoms with Crippen molar-refractivity contribution < 1.29 is 117 Å². The Kier molecular flexibility index (Phi) is 36.6. The zero-order chi connectivity index (χ0) is 83.1. The molecule has 15 amide bonds. The smallest absolute Gasteiger partial charge is 0.326 e. The molecule has 608 valence electrons. The van der Waals surface area contributed by atoms with Crippen LogP contribution >= 0.6 is 12.6 Å². The van der Waals surface area contributed by atoms with Crippen LogP contribution in [0.2, 0.25) is 0 Å². The molecule has 4 rings (SSSR count). The number of carbonyl (C=O) groups excluding carboxylic acids is 15. The Hall–Kier alpha value is -12.0. The number of amides is 15. The van der Waals surface area contributed by atoms with Crippen molar-refractivity contribution in [3.8, 4) is 11.5 Å². The number of aromatic hydroxyl groups is 2.